The predicted octanol–water partition coefficient (Wildman–Crippen LogP) is 5.00. The molecule has 0 bridgehead atoms. The highest BCUT2D eigenvalue weighted by molar-refractivity contribution is 5.80. The number of hydrogen-bond donors (Lipinski definition) is 0. The number of esters is 2. The number of carbonyl (C=O) groups excluding carboxylic acids is 2. The molecule has 0 aliphatic carbocycles. The van der Waals surface area contributed by atoms with Crippen LogP contribution in [0.25, 0.3) is 0 Å². The number of halogens is 2. The molecule has 0 unspecified atom stereocenters. The van der Waals surface area contributed by atoms with Crippen molar-refractivity contribution in [2.45, 2.75) is 72.5 Å². The Morgan fingerprint density at radius 2 is 1.67 bits per heavy atom. The van der Waals surface area contributed by atoms with Gasteiger partial charge in [-0.15, -0.1) is 0 Å². The monoisotopic (exact) mass is 384 g/mol. The summed E-state index contributed by atoms with van der Waals surface area (Å²) in [6, 6.07) is 3.39. The first kappa shape index (κ1) is 23.1. The summed E-state index contributed by atoms with van der Waals surface area (Å²) in [6.07, 6.45) is -0.737. The SMILES string of the molecule is CC(C)[C@H](c1ccc(F)cc1F)[C@H](C)OC(=O)[C@H](C)CC(=O)OC(C)(C)C. The van der Waals surface area contributed by atoms with Crippen molar-refractivity contribution < 1.29 is 27.8 Å². The number of benzene rings is 1. The fourth-order valence-electron chi connectivity index (χ4n) is 3.02. The van der Waals surface area contributed by atoms with Crippen molar-refractivity contribution in [2.75, 3.05) is 0 Å². The Morgan fingerprint density at radius 3 is 2.15 bits per heavy atom. The van der Waals surface area contributed by atoms with E-state index < -0.39 is 47.1 Å². The fourth-order valence-corrected chi connectivity index (χ4v) is 3.02. The van der Waals surface area contributed by atoms with Gasteiger partial charge in [0.1, 0.15) is 23.3 Å². The first-order valence-corrected chi connectivity index (χ1v) is 9.19. The van der Waals surface area contributed by atoms with Crippen LogP contribution in [0.3, 0.4) is 0 Å². The van der Waals surface area contributed by atoms with E-state index in [0.717, 1.165) is 6.07 Å². The van der Waals surface area contributed by atoms with Crippen molar-refractivity contribution in [1.82, 2.24) is 0 Å². The number of rotatable bonds is 7. The Hall–Kier alpha value is -1.98. The summed E-state index contributed by atoms with van der Waals surface area (Å²) in [5.74, 6) is -3.54. The lowest BCUT2D eigenvalue weighted by atomic mass is 9.84. The molecule has 0 spiro atoms. The van der Waals surface area contributed by atoms with Gasteiger partial charge >= 0.3 is 11.9 Å². The highest BCUT2D eigenvalue weighted by Gasteiger charge is 2.31. The molecule has 0 saturated heterocycles. The van der Waals surface area contributed by atoms with Crippen molar-refractivity contribution >= 4 is 11.9 Å². The Balaban J connectivity index is 2.82. The lowest BCUT2D eigenvalue weighted by Crippen LogP contribution is -2.31. The zero-order chi connectivity index (χ0) is 20.9. The maximum absolute atomic E-state index is 14.2. The van der Waals surface area contributed by atoms with Gasteiger partial charge in [0.05, 0.1) is 12.3 Å². The van der Waals surface area contributed by atoms with Gasteiger partial charge in [-0.05, 0) is 45.2 Å². The molecule has 0 amide bonds. The Morgan fingerprint density at radius 1 is 1.07 bits per heavy atom. The summed E-state index contributed by atoms with van der Waals surface area (Å²) in [6.45, 7) is 12.3. The molecule has 27 heavy (non-hydrogen) atoms. The average molecular weight is 384 g/mol. The number of carbonyl (C=O) groups is 2. The molecule has 0 aliphatic rings. The van der Waals surface area contributed by atoms with Crippen LogP contribution < -0.4 is 0 Å². The first-order valence-electron chi connectivity index (χ1n) is 9.19. The van der Waals surface area contributed by atoms with E-state index in [0.29, 0.717) is 5.56 Å². The zero-order valence-electron chi connectivity index (χ0n) is 17.1. The lowest BCUT2D eigenvalue weighted by molar-refractivity contribution is -0.163. The Bertz CT molecular complexity index is 665. The molecule has 4 nitrogen and oxygen atoms in total. The Labute approximate surface area is 160 Å². The second kappa shape index (κ2) is 9.29. The number of ether oxygens (including phenoxy) is 2. The van der Waals surface area contributed by atoms with E-state index in [-0.39, 0.29) is 12.3 Å². The molecule has 0 radical (unpaired) electrons. The van der Waals surface area contributed by atoms with Gasteiger partial charge in [-0.2, -0.15) is 0 Å². The molecule has 0 aromatic heterocycles. The molecule has 3 atom stereocenters. The van der Waals surface area contributed by atoms with E-state index in [2.05, 4.69) is 0 Å². The second-order valence-corrected chi connectivity index (χ2v) is 8.27. The van der Waals surface area contributed by atoms with Gasteiger partial charge < -0.3 is 9.47 Å². The van der Waals surface area contributed by atoms with E-state index in [9.17, 15) is 18.4 Å². The largest absolute Gasteiger partial charge is 0.462 e. The van der Waals surface area contributed by atoms with E-state index >= 15 is 0 Å². The van der Waals surface area contributed by atoms with Gasteiger partial charge in [-0.25, -0.2) is 8.78 Å². The summed E-state index contributed by atoms with van der Waals surface area (Å²) >= 11 is 0. The van der Waals surface area contributed by atoms with Crippen molar-refractivity contribution in [3.05, 3.63) is 35.4 Å². The van der Waals surface area contributed by atoms with Crippen LogP contribution in [-0.4, -0.2) is 23.6 Å². The fraction of sp³-hybridized carbons (Fsp3) is 0.619. The van der Waals surface area contributed by atoms with Crippen LogP contribution >= 0.6 is 0 Å². The molecule has 1 aromatic rings. The van der Waals surface area contributed by atoms with Gasteiger partial charge in [-0.3, -0.25) is 9.59 Å². The van der Waals surface area contributed by atoms with Crippen LogP contribution in [0.1, 0.15) is 66.4 Å². The van der Waals surface area contributed by atoms with E-state index in [1.807, 2.05) is 13.8 Å². The topological polar surface area (TPSA) is 52.6 Å². The van der Waals surface area contributed by atoms with E-state index in [4.69, 9.17) is 9.47 Å². The lowest BCUT2D eigenvalue weighted by Gasteiger charge is -2.29. The maximum Gasteiger partial charge on any atom is 0.309 e. The van der Waals surface area contributed by atoms with Crippen LogP contribution in [0.5, 0.6) is 0 Å². The molecular weight excluding hydrogens is 354 g/mol. The summed E-state index contributed by atoms with van der Waals surface area (Å²) in [7, 11) is 0. The second-order valence-electron chi connectivity index (χ2n) is 8.27. The smallest absolute Gasteiger partial charge is 0.309 e. The number of hydrogen-bond acceptors (Lipinski definition) is 4. The Kier molecular flexibility index (Phi) is 7.93. The third kappa shape index (κ3) is 7.27. The average Bonchev–Trinajstić information content (AvgIpc) is 2.47. The van der Waals surface area contributed by atoms with Crippen LogP contribution in [-0.2, 0) is 19.1 Å². The molecule has 152 valence electrons. The van der Waals surface area contributed by atoms with Crippen molar-refractivity contribution in [3.63, 3.8) is 0 Å². The zero-order valence-corrected chi connectivity index (χ0v) is 17.1. The molecular formula is C21H30F2O4. The molecule has 1 rings (SSSR count). The summed E-state index contributed by atoms with van der Waals surface area (Å²) < 4.78 is 38.1. The third-order valence-electron chi connectivity index (χ3n) is 4.14. The minimum atomic E-state index is -0.687. The predicted molar refractivity (Wildman–Crippen MR) is 99.1 cm³/mol. The molecule has 0 aliphatic heterocycles. The van der Waals surface area contributed by atoms with E-state index in [1.165, 1.54) is 12.1 Å². The maximum atomic E-state index is 14.2. The summed E-state index contributed by atoms with van der Waals surface area (Å²) in [4.78, 5) is 24.3. The van der Waals surface area contributed by atoms with Crippen LogP contribution in [0.15, 0.2) is 18.2 Å². The minimum Gasteiger partial charge on any atom is -0.462 e. The highest BCUT2D eigenvalue weighted by atomic mass is 19.1. The van der Waals surface area contributed by atoms with Crippen molar-refractivity contribution in [2.24, 2.45) is 11.8 Å². The van der Waals surface area contributed by atoms with Gasteiger partial charge in [0.2, 0.25) is 0 Å². The van der Waals surface area contributed by atoms with Crippen molar-refractivity contribution in [1.29, 1.82) is 0 Å². The summed E-state index contributed by atoms with van der Waals surface area (Å²) in [5.41, 5.74) is -0.330. The minimum absolute atomic E-state index is 0.0473. The van der Waals surface area contributed by atoms with E-state index in [1.54, 1.807) is 34.6 Å². The van der Waals surface area contributed by atoms with Gasteiger partial charge in [-0.1, -0.05) is 26.8 Å². The normalized spacial score (nSPS) is 15.2. The molecule has 0 fully saturated rings. The van der Waals surface area contributed by atoms with Crippen molar-refractivity contribution in [3.8, 4) is 0 Å². The molecule has 6 heteroatoms. The van der Waals surface area contributed by atoms with Gasteiger partial charge in [0, 0.05) is 12.0 Å². The van der Waals surface area contributed by atoms with Crippen LogP contribution in [0.4, 0.5) is 8.78 Å². The molecule has 0 heterocycles. The molecule has 0 saturated carbocycles. The van der Waals surface area contributed by atoms with Crippen LogP contribution in [0, 0.1) is 23.5 Å². The first-order chi connectivity index (χ1) is 12.3. The summed E-state index contributed by atoms with van der Waals surface area (Å²) in [5, 5.41) is 0. The van der Waals surface area contributed by atoms with Crippen LogP contribution in [0.2, 0.25) is 0 Å². The molecule has 0 N–H and O–H groups in total. The highest BCUT2D eigenvalue weighted by Crippen LogP contribution is 2.32. The van der Waals surface area contributed by atoms with Gasteiger partial charge in [0.25, 0.3) is 0 Å². The molecule has 1 aromatic carbocycles. The quantitative estimate of drug-likeness (QED) is 0.621. The third-order valence-corrected chi connectivity index (χ3v) is 4.14. The van der Waals surface area contributed by atoms with Gasteiger partial charge in [0.15, 0.2) is 0 Å². The standard InChI is InChI=1S/C21H30F2O4/c1-12(2)19(16-9-8-15(22)11-17(16)23)14(4)26-20(25)13(3)10-18(24)27-21(5,6)7/h8-9,11-14,19H,10H2,1-7H3/t13-,14+,19+/m1/s1.